The molecule has 0 saturated carbocycles. The van der Waals surface area contributed by atoms with Gasteiger partial charge in [-0.1, -0.05) is 18.2 Å². The van der Waals surface area contributed by atoms with Crippen LogP contribution in [0.4, 0.5) is 5.69 Å². The summed E-state index contributed by atoms with van der Waals surface area (Å²) in [6, 6.07) is 8.80. The largest absolute Gasteiger partial charge is 0.380 e. The van der Waals surface area contributed by atoms with E-state index >= 15 is 0 Å². The first-order chi connectivity index (χ1) is 8.17. The smallest absolute Gasteiger partial charge is 0.272 e. The molecular formula is C12H12N2O3. The van der Waals surface area contributed by atoms with Crippen LogP contribution >= 0.6 is 0 Å². The SMILES string of the molecule is N#CC1(Cc2ccccc2[N+](=O)[O-])CCOC1. The van der Waals surface area contributed by atoms with E-state index in [4.69, 9.17) is 4.74 Å². The van der Waals surface area contributed by atoms with E-state index in [0.29, 0.717) is 31.6 Å². The lowest BCUT2D eigenvalue weighted by atomic mass is 9.82. The number of benzene rings is 1. The Hall–Kier alpha value is -1.93. The summed E-state index contributed by atoms with van der Waals surface area (Å²) in [6.07, 6.45) is 1.01. The number of nitro benzene ring substituents is 1. The van der Waals surface area contributed by atoms with Crippen LogP contribution in [0.1, 0.15) is 12.0 Å². The first-order valence-electron chi connectivity index (χ1n) is 5.38. The molecule has 1 aliphatic heterocycles. The molecule has 1 heterocycles. The van der Waals surface area contributed by atoms with Crippen molar-refractivity contribution in [3.63, 3.8) is 0 Å². The van der Waals surface area contributed by atoms with Crippen LogP contribution in [-0.2, 0) is 11.2 Å². The third-order valence-electron chi connectivity index (χ3n) is 3.06. The topological polar surface area (TPSA) is 76.2 Å². The predicted molar refractivity (Wildman–Crippen MR) is 60.3 cm³/mol. The van der Waals surface area contributed by atoms with Crippen molar-refractivity contribution in [2.24, 2.45) is 5.41 Å². The molecule has 1 unspecified atom stereocenters. The van der Waals surface area contributed by atoms with E-state index in [9.17, 15) is 15.4 Å². The molecule has 0 aliphatic carbocycles. The summed E-state index contributed by atoms with van der Waals surface area (Å²) in [4.78, 5) is 10.5. The number of nitro groups is 1. The van der Waals surface area contributed by atoms with Crippen LogP contribution < -0.4 is 0 Å². The Bertz CT molecular complexity index is 473. The summed E-state index contributed by atoms with van der Waals surface area (Å²) in [5.41, 5.74) is 0.0742. The van der Waals surface area contributed by atoms with Crippen molar-refractivity contribution in [2.45, 2.75) is 12.8 Å². The molecule has 1 fully saturated rings. The van der Waals surface area contributed by atoms with Gasteiger partial charge in [0.05, 0.1) is 23.0 Å². The molecule has 5 heteroatoms. The lowest BCUT2D eigenvalue weighted by Crippen LogP contribution is -2.22. The number of nitrogens with zero attached hydrogens (tertiary/aromatic N) is 2. The summed E-state index contributed by atoms with van der Waals surface area (Å²) in [5.74, 6) is 0. The Balaban J connectivity index is 2.30. The number of ether oxygens (including phenoxy) is 1. The molecule has 0 N–H and O–H groups in total. The molecule has 1 atom stereocenters. The fraction of sp³-hybridized carbons (Fsp3) is 0.417. The predicted octanol–water partition coefficient (Wildman–Crippen LogP) is 2.07. The Kier molecular flexibility index (Phi) is 3.07. The molecule has 1 aromatic rings. The second-order valence-electron chi connectivity index (χ2n) is 4.26. The number of para-hydroxylation sites is 1. The van der Waals surface area contributed by atoms with Gasteiger partial charge in [0, 0.05) is 24.7 Å². The highest BCUT2D eigenvalue weighted by Gasteiger charge is 2.36. The second-order valence-corrected chi connectivity index (χ2v) is 4.26. The van der Waals surface area contributed by atoms with Crippen LogP contribution in [-0.4, -0.2) is 18.1 Å². The van der Waals surface area contributed by atoms with Gasteiger partial charge < -0.3 is 4.74 Å². The summed E-state index contributed by atoms with van der Waals surface area (Å²) in [5, 5.41) is 20.1. The van der Waals surface area contributed by atoms with Crippen molar-refractivity contribution in [3.8, 4) is 6.07 Å². The molecule has 5 nitrogen and oxygen atoms in total. The Labute approximate surface area is 98.8 Å². The van der Waals surface area contributed by atoms with E-state index in [1.807, 2.05) is 0 Å². The highest BCUT2D eigenvalue weighted by molar-refractivity contribution is 5.41. The summed E-state index contributed by atoms with van der Waals surface area (Å²) >= 11 is 0. The number of hydrogen-bond donors (Lipinski definition) is 0. The van der Waals surface area contributed by atoms with E-state index in [0.717, 1.165) is 0 Å². The zero-order chi connectivity index (χ0) is 12.3. The quantitative estimate of drug-likeness (QED) is 0.590. The van der Waals surface area contributed by atoms with Gasteiger partial charge in [0.25, 0.3) is 5.69 Å². The molecule has 0 bridgehead atoms. The maximum Gasteiger partial charge on any atom is 0.272 e. The fourth-order valence-electron chi connectivity index (χ4n) is 2.08. The molecule has 1 aromatic carbocycles. The van der Waals surface area contributed by atoms with E-state index in [1.165, 1.54) is 6.07 Å². The molecular weight excluding hydrogens is 220 g/mol. The Morgan fingerprint density at radius 3 is 2.88 bits per heavy atom. The first-order valence-corrected chi connectivity index (χ1v) is 5.38. The lowest BCUT2D eigenvalue weighted by Gasteiger charge is -2.17. The van der Waals surface area contributed by atoms with Gasteiger partial charge in [0.15, 0.2) is 0 Å². The maximum atomic E-state index is 10.9. The number of nitriles is 1. The third-order valence-corrected chi connectivity index (χ3v) is 3.06. The molecule has 0 spiro atoms. The van der Waals surface area contributed by atoms with Crippen LogP contribution in [0.3, 0.4) is 0 Å². The van der Waals surface area contributed by atoms with Crippen LogP contribution in [0, 0.1) is 26.9 Å². The molecule has 17 heavy (non-hydrogen) atoms. The minimum atomic E-state index is -0.605. The minimum absolute atomic E-state index is 0.0778. The summed E-state index contributed by atoms with van der Waals surface area (Å²) < 4.78 is 5.23. The van der Waals surface area contributed by atoms with Crippen LogP contribution in [0.15, 0.2) is 24.3 Å². The highest BCUT2D eigenvalue weighted by atomic mass is 16.6. The van der Waals surface area contributed by atoms with Crippen molar-refractivity contribution in [1.82, 2.24) is 0 Å². The third kappa shape index (κ3) is 2.27. The molecule has 0 amide bonds. The average molecular weight is 232 g/mol. The zero-order valence-electron chi connectivity index (χ0n) is 9.26. The van der Waals surface area contributed by atoms with Crippen LogP contribution in [0.25, 0.3) is 0 Å². The van der Waals surface area contributed by atoms with Crippen LogP contribution in [0.2, 0.25) is 0 Å². The van der Waals surface area contributed by atoms with E-state index < -0.39 is 10.3 Å². The number of rotatable bonds is 3. The lowest BCUT2D eigenvalue weighted by molar-refractivity contribution is -0.385. The summed E-state index contributed by atoms with van der Waals surface area (Å²) in [6.45, 7) is 0.906. The Morgan fingerprint density at radius 1 is 1.53 bits per heavy atom. The van der Waals surface area contributed by atoms with Gasteiger partial charge in [-0.25, -0.2) is 0 Å². The van der Waals surface area contributed by atoms with Crippen LogP contribution in [0.5, 0.6) is 0 Å². The molecule has 1 aliphatic rings. The van der Waals surface area contributed by atoms with Gasteiger partial charge in [0.1, 0.15) is 0 Å². The Morgan fingerprint density at radius 2 is 2.29 bits per heavy atom. The average Bonchev–Trinajstić information content (AvgIpc) is 2.79. The van der Waals surface area contributed by atoms with Crippen molar-refractivity contribution in [2.75, 3.05) is 13.2 Å². The van der Waals surface area contributed by atoms with Gasteiger partial charge in [-0.05, 0) is 6.42 Å². The van der Waals surface area contributed by atoms with Crippen molar-refractivity contribution >= 4 is 5.69 Å². The second kappa shape index (κ2) is 4.52. The van der Waals surface area contributed by atoms with Gasteiger partial charge >= 0.3 is 0 Å². The van der Waals surface area contributed by atoms with E-state index in [1.54, 1.807) is 18.2 Å². The highest BCUT2D eigenvalue weighted by Crippen LogP contribution is 2.34. The monoisotopic (exact) mass is 232 g/mol. The molecule has 2 rings (SSSR count). The molecule has 88 valence electrons. The summed E-state index contributed by atoms with van der Waals surface area (Å²) in [7, 11) is 0. The zero-order valence-corrected chi connectivity index (χ0v) is 9.26. The van der Waals surface area contributed by atoms with Gasteiger partial charge in [0.2, 0.25) is 0 Å². The standard InChI is InChI=1S/C12H12N2O3/c13-8-12(5-6-17-9-12)7-10-3-1-2-4-11(10)14(15)16/h1-4H,5-7,9H2. The minimum Gasteiger partial charge on any atom is -0.380 e. The van der Waals surface area contributed by atoms with Crippen molar-refractivity contribution in [3.05, 3.63) is 39.9 Å². The van der Waals surface area contributed by atoms with Crippen molar-refractivity contribution < 1.29 is 9.66 Å². The normalized spacial score (nSPS) is 23.2. The van der Waals surface area contributed by atoms with E-state index in [2.05, 4.69) is 6.07 Å². The first kappa shape index (κ1) is 11.6. The van der Waals surface area contributed by atoms with Crippen molar-refractivity contribution in [1.29, 1.82) is 5.26 Å². The molecule has 1 saturated heterocycles. The van der Waals surface area contributed by atoms with Gasteiger partial charge in [-0.2, -0.15) is 5.26 Å². The fourth-order valence-corrected chi connectivity index (χ4v) is 2.08. The van der Waals surface area contributed by atoms with E-state index in [-0.39, 0.29) is 5.69 Å². The molecule has 0 radical (unpaired) electrons. The van der Waals surface area contributed by atoms with Gasteiger partial charge in [-0.15, -0.1) is 0 Å². The van der Waals surface area contributed by atoms with Gasteiger partial charge in [-0.3, -0.25) is 10.1 Å². The number of hydrogen-bond acceptors (Lipinski definition) is 4. The maximum absolute atomic E-state index is 10.9. The molecule has 0 aromatic heterocycles.